The summed E-state index contributed by atoms with van der Waals surface area (Å²) in [6.45, 7) is 2.47. The molecule has 0 unspecified atom stereocenters. The quantitative estimate of drug-likeness (QED) is 0.515. The van der Waals surface area contributed by atoms with Crippen molar-refractivity contribution in [2.75, 3.05) is 6.54 Å². The van der Waals surface area contributed by atoms with Gasteiger partial charge in [0.25, 0.3) is 0 Å². The third-order valence-corrected chi connectivity index (χ3v) is 7.80. The molecule has 1 amide bonds. The normalized spacial score (nSPS) is 17.3. The van der Waals surface area contributed by atoms with Crippen LogP contribution in [-0.4, -0.2) is 31.2 Å². The molecule has 0 aromatic heterocycles. The minimum absolute atomic E-state index is 0.0222. The second-order valence-electron chi connectivity index (χ2n) is 8.26. The molecule has 0 saturated carbocycles. The maximum atomic E-state index is 13.2. The van der Waals surface area contributed by atoms with E-state index in [4.69, 9.17) is 4.74 Å². The van der Waals surface area contributed by atoms with Crippen molar-refractivity contribution in [3.05, 3.63) is 95.8 Å². The number of nitrogens with zero attached hydrogens (tertiary/aromatic N) is 1. The lowest BCUT2D eigenvalue weighted by Crippen LogP contribution is -2.45. The van der Waals surface area contributed by atoms with E-state index in [1.807, 2.05) is 61.5 Å². The molecule has 1 N–H and O–H groups in total. The highest BCUT2D eigenvalue weighted by Crippen LogP contribution is 2.27. The lowest BCUT2D eigenvalue weighted by Gasteiger charge is -2.23. The summed E-state index contributed by atoms with van der Waals surface area (Å²) in [4.78, 5) is 12.9. The molecule has 6 nitrogen and oxygen atoms in total. The van der Waals surface area contributed by atoms with Gasteiger partial charge in [0.15, 0.2) is 0 Å². The number of carbonyl (C=O) groups excluding carboxylic acids is 1. The van der Waals surface area contributed by atoms with Crippen LogP contribution in [0.5, 0.6) is 5.75 Å². The molecule has 4 rings (SSSR count). The molecule has 1 saturated heterocycles. The number of rotatable bonds is 8. The van der Waals surface area contributed by atoms with Crippen molar-refractivity contribution in [3.8, 4) is 5.75 Å². The van der Waals surface area contributed by atoms with Gasteiger partial charge in [-0.3, -0.25) is 4.79 Å². The minimum Gasteiger partial charge on any atom is -0.486 e. The average molecular weight is 483 g/mol. The summed E-state index contributed by atoms with van der Waals surface area (Å²) >= 11 is 0. The number of ether oxygens (including phenoxy) is 1. The Morgan fingerprint density at radius 1 is 1.09 bits per heavy atom. The first-order valence-corrected chi connectivity index (χ1v) is 12.6. The molecule has 1 aliphatic rings. The van der Waals surface area contributed by atoms with Gasteiger partial charge in [-0.2, -0.15) is 4.31 Å². The van der Waals surface area contributed by atoms with Crippen LogP contribution in [0.4, 0.5) is 4.39 Å². The standard InChI is InChI=1S/C26H27FN2O4S/c1-19(21-8-3-2-4-9-21)33-23-10-5-7-20(17-23)18-28-26(30)25-11-6-16-29(25)34(31,32)24-14-12-22(27)13-15-24/h2-5,7-10,12-15,17,19,25H,6,11,16,18H2,1H3,(H,28,30)/t19-,25-/m0/s1. The summed E-state index contributed by atoms with van der Waals surface area (Å²) in [6, 6.07) is 21.2. The van der Waals surface area contributed by atoms with E-state index in [0.29, 0.717) is 18.6 Å². The van der Waals surface area contributed by atoms with Gasteiger partial charge >= 0.3 is 0 Å². The molecule has 8 heteroatoms. The maximum absolute atomic E-state index is 13.2. The van der Waals surface area contributed by atoms with Crippen molar-refractivity contribution in [1.29, 1.82) is 0 Å². The fourth-order valence-electron chi connectivity index (χ4n) is 4.06. The molecular formula is C26H27FN2O4S. The summed E-state index contributed by atoms with van der Waals surface area (Å²) in [5, 5.41) is 2.86. The van der Waals surface area contributed by atoms with E-state index >= 15 is 0 Å². The van der Waals surface area contributed by atoms with E-state index in [0.717, 1.165) is 23.3 Å². The van der Waals surface area contributed by atoms with Crippen LogP contribution in [0.25, 0.3) is 0 Å². The van der Waals surface area contributed by atoms with E-state index in [2.05, 4.69) is 5.32 Å². The molecular weight excluding hydrogens is 455 g/mol. The largest absolute Gasteiger partial charge is 0.486 e. The minimum atomic E-state index is -3.89. The number of carbonyl (C=O) groups is 1. The highest BCUT2D eigenvalue weighted by molar-refractivity contribution is 7.89. The van der Waals surface area contributed by atoms with E-state index in [1.165, 1.54) is 16.4 Å². The molecule has 0 radical (unpaired) electrons. The molecule has 1 fully saturated rings. The Bertz CT molecular complexity index is 1230. The van der Waals surface area contributed by atoms with Gasteiger partial charge in [-0.15, -0.1) is 0 Å². The van der Waals surface area contributed by atoms with Crippen molar-refractivity contribution in [3.63, 3.8) is 0 Å². The van der Waals surface area contributed by atoms with Gasteiger partial charge in [-0.25, -0.2) is 12.8 Å². The number of nitrogens with one attached hydrogen (secondary N) is 1. The molecule has 3 aromatic carbocycles. The van der Waals surface area contributed by atoms with Gasteiger partial charge in [0.05, 0.1) is 4.90 Å². The Kier molecular flexibility index (Phi) is 7.29. The van der Waals surface area contributed by atoms with Crippen molar-refractivity contribution < 1.29 is 22.3 Å². The van der Waals surface area contributed by atoms with Crippen molar-refractivity contribution in [2.24, 2.45) is 0 Å². The number of amides is 1. The lowest BCUT2D eigenvalue weighted by molar-refractivity contribution is -0.124. The zero-order valence-electron chi connectivity index (χ0n) is 18.9. The Hall–Kier alpha value is -3.23. The molecule has 1 heterocycles. The van der Waals surface area contributed by atoms with Crippen LogP contribution in [-0.2, 0) is 21.4 Å². The van der Waals surface area contributed by atoms with Gasteiger partial charge in [0.2, 0.25) is 15.9 Å². The van der Waals surface area contributed by atoms with Gasteiger partial charge in [0, 0.05) is 13.1 Å². The molecule has 178 valence electrons. The highest BCUT2D eigenvalue weighted by atomic mass is 32.2. The maximum Gasteiger partial charge on any atom is 0.243 e. The third kappa shape index (κ3) is 5.46. The van der Waals surface area contributed by atoms with Gasteiger partial charge in [0.1, 0.15) is 23.7 Å². The summed E-state index contributed by atoms with van der Waals surface area (Å²) in [5.41, 5.74) is 1.90. The molecule has 34 heavy (non-hydrogen) atoms. The van der Waals surface area contributed by atoms with Crippen LogP contribution >= 0.6 is 0 Å². The summed E-state index contributed by atoms with van der Waals surface area (Å²) in [7, 11) is -3.89. The monoisotopic (exact) mass is 482 g/mol. The van der Waals surface area contributed by atoms with Crippen molar-refractivity contribution in [2.45, 2.75) is 43.4 Å². The van der Waals surface area contributed by atoms with Crippen molar-refractivity contribution >= 4 is 15.9 Å². The fraction of sp³-hybridized carbons (Fsp3) is 0.269. The van der Waals surface area contributed by atoms with E-state index in [-0.39, 0.29) is 30.0 Å². The number of benzene rings is 3. The Labute approximate surface area is 199 Å². The Morgan fingerprint density at radius 2 is 1.82 bits per heavy atom. The number of sulfonamides is 1. The SMILES string of the molecule is C[C@H](Oc1cccc(CNC(=O)[C@@H]2CCCN2S(=O)(=O)c2ccc(F)cc2)c1)c1ccccc1. The van der Waals surface area contributed by atoms with Crippen LogP contribution in [0, 0.1) is 5.82 Å². The van der Waals surface area contributed by atoms with Crippen molar-refractivity contribution in [1.82, 2.24) is 9.62 Å². The molecule has 2 atom stereocenters. The average Bonchev–Trinajstić information content (AvgIpc) is 3.35. The van der Waals surface area contributed by atoms with Crippen LogP contribution in [0.1, 0.15) is 37.0 Å². The van der Waals surface area contributed by atoms with Crippen LogP contribution < -0.4 is 10.1 Å². The van der Waals surface area contributed by atoms with Gasteiger partial charge < -0.3 is 10.1 Å². The lowest BCUT2D eigenvalue weighted by atomic mass is 10.1. The van der Waals surface area contributed by atoms with E-state index < -0.39 is 21.9 Å². The Morgan fingerprint density at radius 3 is 2.56 bits per heavy atom. The van der Waals surface area contributed by atoms with Crippen LogP contribution in [0.3, 0.4) is 0 Å². The zero-order chi connectivity index (χ0) is 24.1. The second kappa shape index (κ2) is 10.4. The first kappa shape index (κ1) is 23.9. The third-order valence-electron chi connectivity index (χ3n) is 5.87. The second-order valence-corrected chi connectivity index (χ2v) is 10.2. The summed E-state index contributed by atoms with van der Waals surface area (Å²) in [5.74, 6) is -0.185. The fourth-order valence-corrected chi connectivity index (χ4v) is 5.72. The first-order valence-electron chi connectivity index (χ1n) is 11.2. The molecule has 0 aliphatic carbocycles. The predicted molar refractivity (Wildman–Crippen MR) is 127 cm³/mol. The summed E-state index contributed by atoms with van der Waals surface area (Å²) in [6.07, 6.45) is 0.887. The number of halogens is 1. The van der Waals surface area contributed by atoms with Gasteiger partial charge in [-0.05, 0) is 67.3 Å². The molecule has 1 aliphatic heterocycles. The predicted octanol–water partition coefficient (Wildman–Crippen LogP) is 4.44. The van der Waals surface area contributed by atoms with Crippen LogP contribution in [0.2, 0.25) is 0 Å². The molecule has 3 aromatic rings. The Balaban J connectivity index is 1.39. The molecule has 0 bridgehead atoms. The number of hydrogen-bond acceptors (Lipinski definition) is 4. The van der Waals surface area contributed by atoms with Gasteiger partial charge in [-0.1, -0.05) is 42.5 Å². The van der Waals surface area contributed by atoms with E-state index in [9.17, 15) is 17.6 Å². The number of hydrogen-bond donors (Lipinski definition) is 1. The molecule has 0 spiro atoms. The topological polar surface area (TPSA) is 75.7 Å². The first-order chi connectivity index (χ1) is 16.3. The van der Waals surface area contributed by atoms with E-state index in [1.54, 1.807) is 0 Å². The highest BCUT2D eigenvalue weighted by Gasteiger charge is 2.39. The zero-order valence-corrected chi connectivity index (χ0v) is 19.7. The smallest absolute Gasteiger partial charge is 0.243 e. The summed E-state index contributed by atoms with van der Waals surface area (Å²) < 4.78 is 46.5. The van der Waals surface area contributed by atoms with Crippen LogP contribution in [0.15, 0.2) is 83.8 Å².